The molecule has 2 rings (SSSR count). The fraction of sp³-hybridized carbons (Fsp3) is 0.368. The summed E-state index contributed by atoms with van der Waals surface area (Å²) in [5.74, 6) is -1.27. The minimum Gasteiger partial charge on any atom is -0.481 e. The summed E-state index contributed by atoms with van der Waals surface area (Å²) >= 11 is 0. The molecule has 8 heteroatoms. The van der Waals surface area contributed by atoms with Crippen LogP contribution in [0.4, 0.5) is 0 Å². The second-order valence-corrected chi connectivity index (χ2v) is 5.85. The average Bonchev–Trinajstić information content (AvgIpc) is 2.95. The van der Waals surface area contributed by atoms with Crippen LogP contribution in [0.1, 0.15) is 56.3 Å². The smallest absolute Gasteiger partial charge is 0.340 e. The van der Waals surface area contributed by atoms with E-state index in [-0.39, 0.29) is 17.9 Å². The average molecular weight is 374 g/mol. The van der Waals surface area contributed by atoms with Gasteiger partial charge in [0.2, 0.25) is 11.7 Å². The fourth-order valence-corrected chi connectivity index (χ4v) is 2.61. The molecule has 0 fully saturated rings. The minimum atomic E-state index is -1.05. The highest BCUT2D eigenvalue weighted by atomic mass is 16.5. The number of carbonyl (C=O) groups is 3. The molecule has 0 aliphatic heterocycles. The molecule has 0 saturated carbocycles. The number of esters is 2. The summed E-state index contributed by atoms with van der Waals surface area (Å²) in [6.07, 6.45) is 0.257. The summed E-state index contributed by atoms with van der Waals surface area (Å²) in [4.78, 5) is 43.8. The Balaban J connectivity index is 2.16. The number of nitrogens with zero attached hydrogens (tertiary/aromatic N) is 1. The molecule has 27 heavy (non-hydrogen) atoms. The molecular formula is C19H22N2O6. The lowest BCUT2D eigenvalue weighted by molar-refractivity contribution is 0.0316. The molecule has 2 aromatic rings. The first-order valence-corrected chi connectivity index (χ1v) is 8.41. The summed E-state index contributed by atoms with van der Waals surface area (Å²) in [5.41, 5.74) is 1.71. The zero-order valence-corrected chi connectivity index (χ0v) is 15.9. The van der Waals surface area contributed by atoms with E-state index in [9.17, 15) is 14.4 Å². The number of rotatable bonds is 7. The Labute approximate surface area is 156 Å². The topological polar surface area (TPSA) is 108 Å². The number of aryl methyl sites for hydroxylation is 1. The predicted molar refractivity (Wildman–Crippen MR) is 96.2 cm³/mol. The van der Waals surface area contributed by atoms with Gasteiger partial charge in [0, 0.05) is 18.0 Å². The number of hydrogen-bond donors (Lipinski definition) is 1. The lowest BCUT2D eigenvalue weighted by Gasteiger charge is -2.12. The standard InChI is InChI=1S/C19H22N2O6/c1-6-26-19(24)15-10(2)16(21-11(15)3)17(22)12(4)27-18(23)13-7-8-14(25-5)20-9-13/h7-9,12,21H,6H2,1-5H3/t12-/m1/s1. The van der Waals surface area contributed by atoms with Crippen molar-refractivity contribution in [2.24, 2.45) is 0 Å². The van der Waals surface area contributed by atoms with Crippen LogP contribution in [-0.2, 0) is 9.47 Å². The highest BCUT2D eigenvalue weighted by Crippen LogP contribution is 2.21. The molecule has 8 nitrogen and oxygen atoms in total. The summed E-state index contributed by atoms with van der Waals surface area (Å²) in [6, 6.07) is 3.02. The molecule has 0 aromatic carbocycles. The maximum Gasteiger partial charge on any atom is 0.340 e. The zero-order chi connectivity index (χ0) is 20.1. The third-order valence-electron chi connectivity index (χ3n) is 4.00. The first-order valence-electron chi connectivity index (χ1n) is 8.41. The molecule has 0 radical (unpaired) electrons. The first kappa shape index (κ1) is 20.2. The van der Waals surface area contributed by atoms with Crippen LogP contribution in [0.25, 0.3) is 0 Å². The van der Waals surface area contributed by atoms with Crippen LogP contribution in [0.2, 0.25) is 0 Å². The maximum atomic E-state index is 12.7. The Bertz CT molecular complexity index is 854. The second kappa shape index (κ2) is 8.48. The van der Waals surface area contributed by atoms with Crippen LogP contribution in [0.5, 0.6) is 5.88 Å². The monoisotopic (exact) mass is 374 g/mol. The molecule has 0 bridgehead atoms. The van der Waals surface area contributed by atoms with E-state index in [0.29, 0.717) is 22.7 Å². The Morgan fingerprint density at radius 2 is 1.89 bits per heavy atom. The number of H-pyrrole nitrogens is 1. The molecule has 144 valence electrons. The minimum absolute atomic E-state index is 0.196. The second-order valence-electron chi connectivity index (χ2n) is 5.85. The van der Waals surface area contributed by atoms with Gasteiger partial charge in [-0.15, -0.1) is 0 Å². The van der Waals surface area contributed by atoms with Crippen LogP contribution in [0.15, 0.2) is 18.3 Å². The SMILES string of the molecule is CCOC(=O)c1c(C)[nH]c(C(=O)[C@@H](C)OC(=O)c2ccc(OC)nc2)c1C. The maximum absolute atomic E-state index is 12.7. The normalized spacial score (nSPS) is 11.6. The van der Waals surface area contributed by atoms with Crippen molar-refractivity contribution >= 4 is 17.7 Å². The molecule has 1 atom stereocenters. The molecule has 2 aromatic heterocycles. The van der Waals surface area contributed by atoms with Crippen LogP contribution >= 0.6 is 0 Å². The fourth-order valence-electron chi connectivity index (χ4n) is 2.61. The highest BCUT2D eigenvalue weighted by Gasteiger charge is 2.27. The van der Waals surface area contributed by atoms with Crippen LogP contribution in [0.3, 0.4) is 0 Å². The third-order valence-corrected chi connectivity index (χ3v) is 4.00. The predicted octanol–water partition coefficient (Wildman–Crippen LogP) is 2.64. The Morgan fingerprint density at radius 3 is 2.44 bits per heavy atom. The van der Waals surface area contributed by atoms with Gasteiger partial charge in [-0.2, -0.15) is 0 Å². The van der Waals surface area contributed by atoms with Gasteiger partial charge in [0.05, 0.1) is 30.5 Å². The van der Waals surface area contributed by atoms with Crippen molar-refractivity contribution in [1.29, 1.82) is 0 Å². The molecule has 0 spiro atoms. The number of pyridine rings is 1. The van der Waals surface area contributed by atoms with Gasteiger partial charge in [0.25, 0.3) is 0 Å². The van der Waals surface area contributed by atoms with Crippen molar-refractivity contribution in [2.45, 2.75) is 33.8 Å². The van der Waals surface area contributed by atoms with E-state index in [4.69, 9.17) is 14.2 Å². The molecule has 0 aliphatic carbocycles. The van der Waals surface area contributed by atoms with Gasteiger partial charge in [0.1, 0.15) is 0 Å². The van der Waals surface area contributed by atoms with E-state index in [2.05, 4.69) is 9.97 Å². The molecule has 2 heterocycles. The summed E-state index contributed by atoms with van der Waals surface area (Å²) in [5, 5.41) is 0. The molecular weight excluding hydrogens is 352 g/mol. The highest BCUT2D eigenvalue weighted by molar-refractivity contribution is 6.04. The first-order chi connectivity index (χ1) is 12.8. The van der Waals surface area contributed by atoms with Crippen molar-refractivity contribution < 1.29 is 28.6 Å². The zero-order valence-electron chi connectivity index (χ0n) is 15.9. The van der Waals surface area contributed by atoms with Gasteiger partial charge in [-0.25, -0.2) is 14.6 Å². The summed E-state index contributed by atoms with van der Waals surface area (Å²) in [7, 11) is 1.46. The van der Waals surface area contributed by atoms with Crippen LogP contribution < -0.4 is 4.74 Å². The number of carbonyl (C=O) groups excluding carboxylic acids is 3. The lowest BCUT2D eigenvalue weighted by atomic mass is 10.1. The Kier molecular flexibility index (Phi) is 6.33. The van der Waals surface area contributed by atoms with Gasteiger partial charge in [-0.3, -0.25) is 4.79 Å². The summed E-state index contributed by atoms with van der Waals surface area (Å²) < 4.78 is 15.2. The van der Waals surface area contributed by atoms with E-state index in [1.807, 2.05) is 0 Å². The van der Waals surface area contributed by atoms with Gasteiger partial charge in [-0.05, 0) is 39.3 Å². The van der Waals surface area contributed by atoms with E-state index >= 15 is 0 Å². The van der Waals surface area contributed by atoms with E-state index in [0.717, 1.165) is 0 Å². The van der Waals surface area contributed by atoms with Crippen LogP contribution in [-0.4, -0.2) is 47.5 Å². The number of hydrogen-bond acceptors (Lipinski definition) is 7. The molecule has 1 N–H and O–H groups in total. The van der Waals surface area contributed by atoms with Crippen molar-refractivity contribution in [3.8, 4) is 5.88 Å². The quantitative estimate of drug-likeness (QED) is 0.586. The van der Waals surface area contributed by atoms with Crippen LogP contribution in [0, 0.1) is 13.8 Å². The third kappa shape index (κ3) is 4.33. The number of nitrogens with one attached hydrogen (secondary N) is 1. The Morgan fingerprint density at radius 1 is 1.19 bits per heavy atom. The van der Waals surface area contributed by atoms with Crippen molar-refractivity contribution in [1.82, 2.24) is 9.97 Å². The van der Waals surface area contributed by atoms with Gasteiger partial charge >= 0.3 is 11.9 Å². The van der Waals surface area contributed by atoms with Crippen molar-refractivity contribution in [3.63, 3.8) is 0 Å². The van der Waals surface area contributed by atoms with Gasteiger partial charge in [0.15, 0.2) is 6.10 Å². The number of ketones is 1. The number of aromatic amines is 1. The molecule has 0 saturated heterocycles. The number of aromatic nitrogens is 2. The Hall–Kier alpha value is -3.16. The molecule has 0 unspecified atom stereocenters. The van der Waals surface area contributed by atoms with E-state index < -0.39 is 23.8 Å². The lowest BCUT2D eigenvalue weighted by Crippen LogP contribution is -2.25. The van der Waals surface area contributed by atoms with Gasteiger partial charge < -0.3 is 19.2 Å². The summed E-state index contributed by atoms with van der Waals surface area (Å²) in [6.45, 7) is 6.73. The van der Waals surface area contributed by atoms with Crippen molar-refractivity contribution in [2.75, 3.05) is 13.7 Å². The molecule has 0 amide bonds. The van der Waals surface area contributed by atoms with E-state index in [1.54, 1.807) is 20.8 Å². The number of methoxy groups -OCH3 is 1. The number of Topliss-reactive ketones (excluding diaryl/α,β-unsaturated/α-hetero) is 1. The molecule has 0 aliphatic rings. The number of ether oxygens (including phenoxy) is 3. The van der Waals surface area contributed by atoms with E-state index in [1.165, 1.54) is 32.4 Å². The van der Waals surface area contributed by atoms with Gasteiger partial charge in [-0.1, -0.05) is 0 Å². The largest absolute Gasteiger partial charge is 0.481 e. The van der Waals surface area contributed by atoms with Crippen molar-refractivity contribution in [3.05, 3.63) is 46.4 Å².